The minimum absolute atomic E-state index is 0.0472. The van der Waals surface area contributed by atoms with E-state index in [0.717, 1.165) is 110 Å². The summed E-state index contributed by atoms with van der Waals surface area (Å²) in [6.45, 7) is 19.7. The summed E-state index contributed by atoms with van der Waals surface area (Å²) >= 11 is 0. The number of carboxylic acids is 14. The van der Waals surface area contributed by atoms with Crippen LogP contribution in [0.1, 0.15) is 149 Å². The number of esters is 1. The maximum atomic E-state index is 10.9. The highest BCUT2D eigenvalue weighted by Gasteiger charge is 1.99. The highest BCUT2D eigenvalue weighted by molar-refractivity contribution is 5.69. The molecule has 0 aliphatic carbocycles. The van der Waals surface area contributed by atoms with Crippen molar-refractivity contribution in [3.05, 3.63) is 0 Å². The molecule has 30 nitrogen and oxygen atoms in total. The van der Waals surface area contributed by atoms with E-state index in [2.05, 4.69) is 6.92 Å². The number of carbonyl (C=O) groups is 15. The van der Waals surface area contributed by atoms with E-state index in [9.17, 15) is 4.79 Å². The van der Waals surface area contributed by atoms with Crippen molar-refractivity contribution in [2.75, 3.05) is 6.61 Å². The molecule has 0 aromatic carbocycles. The zero-order valence-electron chi connectivity index (χ0n) is 41.2. The molecule has 0 fully saturated rings. The van der Waals surface area contributed by atoms with Gasteiger partial charge in [-0.2, -0.15) is 0 Å². The van der Waals surface area contributed by atoms with E-state index >= 15 is 0 Å². The number of aliphatic carboxylic acids is 14. The standard InChI is InChI=1S/C10H20O2.14C2H4O2/c1-3-5-6-7-8-9-10(11)12-4-2;14*1-2(3)4/h3-9H2,1-2H3;14*1H3,(H,3,4). The summed E-state index contributed by atoms with van der Waals surface area (Å²) in [5.74, 6) is -11.7. The Bertz CT molecular complexity index is 928. The molecule has 0 aromatic heterocycles. The highest BCUT2D eigenvalue weighted by Crippen LogP contribution is 2.05. The molecule has 0 unspecified atom stereocenters. The fourth-order valence-electron chi connectivity index (χ4n) is 1.11. The molecule has 30 heteroatoms. The van der Waals surface area contributed by atoms with Crippen molar-refractivity contribution in [3.8, 4) is 0 Å². The van der Waals surface area contributed by atoms with Gasteiger partial charge in [0.15, 0.2) is 0 Å². The predicted molar refractivity (Wildman–Crippen MR) is 236 cm³/mol. The van der Waals surface area contributed by atoms with Gasteiger partial charge in [-0.1, -0.05) is 32.6 Å². The monoisotopic (exact) mass is 1010 g/mol. The Kier molecular flexibility index (Phi) is 149. The lowest BCUT2D eigenvalue weighted by Crippen LogP contribution is -2.02. The van der Waals surface area contributed by atoms with Gasteiger partial charge in [0.1, 0.15) is 0 Å². The molecule has 0 saturated heterocycles. The SMILES string of the molecule is CC(=O)O.CC(=O)O.CC(=O)O.CC(=O)O.CC(=O)O.CC(=O)O.CC(=O)O.CC(=O)O.CC(=O)O.CC(=O)O.CC(=O)O.CC(=O)O.CC(=O)O.CC(=O)O.CCCCCCCC(=O)OCC. The van der Waals surface area contributed by atoms with Gasteiger partial charge >= 0.3 is 5.97 Å². The van der Waals surface area contributed by atoms with Gasteiger partial charge in [0.25, 0.3) is 83.6 Å². The van der Waals surface area contributed by atoms with E-state index in [0.29, 0.717) is 13.0 Å². The van der Waals surface area contributed by atoms with Gasteiger partial charge in [0.2, 0.25) is 0 Å². The van der Waals surface area contributed by atoms with Crippen LogP contribution in [0, 0.1) is 0 Å². The first-order chi connectivity index (χ1) is 30.1. The number of hydrogen-bond donors (Lipinski definition) is 14. The van der Waals surface area contributed by atoms with Gasteiger partial charge in [0, 0.05) is 103 Å². The van der Waals surface area contributed by atoms with Gasteiger partial charge in [-0.25, -0.2) is 0 Å². The van der Waals surface area contributed by atoms with Crippen molar-refractivity contribution in [1.29, 1.82) is 0 Å². The van der Waals surface area contributed by atoms with Gasteiger partial charge < -0.3 is 76.2 Å². The lowest BCUT2D eigenvalue weighted by atomic mass is 10.1. The maximum absolute atomic E-state index is 10.9. The molecule has 0 spiro atoms. The Balaban J connectivity index is -0.0000000348. The van der Waals surface area contributed by atoms with Crippen molar-refractivity contribution in [1.82, 2.24) is 0 Å². The number of carboxylic acid groups (broad SMARTS) is 14. The fraction of sp³-hybridized carbons (Fsp3) is 0.605. The fourth-order valence-corrected chi connectivity index (χ4v) is 1.11. The lowest BCUT2D eigenvalue weighted by Gasteiger charge is -2.00. The predicted octanol–water partition coefficient (Wildman–Crippen LogP) is 4.18. The molecule has 0 atom stereocenters. The average molecular weight is 1010 g/mol. The lowest BCUT2D eigenvalue weighted by molar-refractivity contribution is -0.143. The summed E-state index contributed by atoms with van der Waals surface area (Å²) in [5.41, 5.74) is 0. The van der Waals surface area contributed by atoms with Crippen LogP contribution in [-0.2, 0) is 76.7 Å². The van der Waals surface area contributed by atoms with Crippen LogP contribution in [0.3, 0.4) is 0 Å². The third kappa shape index (κ3) is 45000. The maximum Gasteiger partial charge on any atom is 0.305 e. The van der Waals surface area contributed by atoms with E-state index < -0.39 is 83.6 Å². The number of hydrogen-bond acceptors (Lipinski definition) is 16. The normalized spacial score (nSPS) is 6.88. The smallest absolute Gasteiger partial charge is 0.305 e. The highest BCUT2D eigenvalue weighted by atomic mass is 16.5. The molecule has 0 radical (unpaired) electrons. The van der Waals surface area contributed by atoms with Crippen LogP contribution in [0.2, 0.25) is 0 Å². The van der Waals surface area contributed by atoms with Crippen molar-refractivity contribution < 1.29 is 148 Å². The number of unbranched alkanes of at least 4 members (excludes halogenated alkanes) is 4. The molecule has 0 saturated carbocycles. The van der Waals surface area contributed by atoms with Crippen LogP contribution in [0.4, 0.5) is 0 Å². The second-order valence-corrected chi connectivity index (χ2v) is 10.2. The van der Waals surface area contributed by atoms with Crippen LogP contribution in [0.25, 0.3) is 0 Å². The van der Waals surface area contributed by atoms with Crippen LogP contribution >= 0.6 is 0 Å². The Morgan fingerprint density at radius 2 is 0.368 bits per heavy atom. The van der Waals surface area contributed by atoms with Gasteiger partial charge in [-0.05, 0) is 13.3 Å². The topological polar surface area (TPSA) is 549 Å². The minimum atomic E-state index is -0.833. The molecule has 0 amide bonds. The first-order valence-electron chi connectivity index (χ1n) is 18.0. The van der Waals surface area contributed by atoms with Crippen LogP contribution in [0.5, 0.6) is 0 Å². The summed E-state index contributed by atoms with van der Waals surface area (Å²) in [5, 5.41) is 104. The average Bonchev–Trinajstić information content (AvgIpc) is 2.97. The van der Waals surface area contributed by atoms with Crippen molar-refractivity contribution >= 4 is 89.5 Å². The van der Waals surface area contributed by atoms with Crippen molar-refractivity contribution in [2.45, 2.75) is 149 Å². The van der Waals surface area contributed by atoms with E-state index in [-0.39, 0.29) is 5.97 Å². The molecule has 0 aliphatic rings. The molecule has 0 aromatic rings. The van der Waals surface area contributed by atoms with E-state index in [1.54, 1.807) is 0 Å². The third-order valence-electron chi connectivity index (χ3n) is 1.79. The van der Waals surface area contributed by atoms with Crippen LogP contribution < -0.4 is 0 Å². The van der Waals surface area contributed by atoms with E-state index in [4.69, 9.17) is 143 Å². The number of ether oxygens (including phenoxy) is 1. The molecule has 0 aliphatic heterocycles. The molecule has 14 N–H and O–H groups in total. The molecule has 0 heterocycles. The quantitative estimate of drug-likeness (QED) is 0.126. The minimum Gasteiger partial charge on any atom is -0.481 e. The Morgan fingerprint density at radius 1 is 0.250 bits per heavy atom. The molecule has 408 valence electrons. The van der Waals surface area contributed by atoms with Crippen molar-refractivity contribution in [2.24, 2.45) is 0 Å². The summed E-state index contributed by atoms with van der Waals surface area (Å²) in [4.78, 5) is 137. The van der Waals surface area contributed by atoms with Gasteiger partial charge in [0.05, 0.1) is 6.61 Å². The number of rotatable bonds is 7. The third-order valence-corrected chi connectivity index (χ3v) is 1.79. The van der Waals surface area contributed by atoms with Gasteiger partial charge in [-0.15, -0.1) is 0 Å². The molecular formula is C38H76O30. The molecule has 0 rings (SSSR count). The molecule has 0 bridgehead atoms. The second-order valence-electron chi connectivity index (χ2n) is 10.2. The Hall–Kier alpha value is -7.95. The zero-order chi connectivity index (χ0) is 59.3. The molecule has 68 heavy (non-hydrogen) atoms. The summed E-state index contributed by atoms with van der Waals surface area (Å²) in [7, 11) is 0. The van der Waals surface area contributed by atoms with Crippen LogP contribution in [0.15, 0.2) is 0 Å². The largest absolute Gasteiger partial charge is 0.481 e. The summed E-state index contributed by atoms with van der Waals surface area (Å²) in [6.07, 6.45) is 6.52. The summed E-state index contributed by atoms with van der Waals surface area (Å²) < 4.78 is 4.81. The van der Waals surface area contributed by atoms with Crippen molar-refractivity contribution in [3.63, 3.8) is 0 Å². The van der Waals surface area contributed by atoms with Crippen LogP contribution in [-0.4, -0.2) is 168 Å². The Morgan fingerprint density at radius 3 is 0.471 bits per heavy atom. The van der Waals surface area contributed by atoms with E-state index in [1.165, 1.54) is 19.3 Å². The van der Waals surface area contributed by atoms with Gasteiger partial charge in [-0.3, -0.25) is 71.9 Å². The van der Waals surface area contributed by atoms with E-state index in [1.807, 2.05) is 6.92 Å². The Labute approximate surface area is 393 Å². The summed E-state index contributed by atoms with van der Waals surface area (Å²) in [6, 6.07) is 0. The number of carbonyl (C=O) groups excluding carboxylic acids is 1. The first kappa shape index (κ1) is 103. The second kappa shape index (κ2) is 98.0. The molecular weight excluding hydrogens is 936 g/mol. The zero-order valence-corrected chi connectivity index (χ0v) is 41.2. The first-order valence-corrected chi connectivity index (χ1v) is 18.0.